The number of hydrogen-bond acceptors (Lipinski definition) is 0. The maximum atomic E-state index is 3.27. The molecule has 1 aromatic carbocycles. The molecule has 0 fully saturated rings. The maximum absolute atomic E-state index is 3.27. The van der Waals surface area contributed by atoms with Gasteiger partial charge in [-0.05, 0) is 28.5 Å². The van der Waals surface area contributed by atoms with Crippen LogP contribution in [0.25, 0.3) is 0 Å². The van der Waals surface area contributed by atoms with Crippen molar-refractivity contribution in [2.45, 2.75) is 53.4 Å². The largest absolute Gasteiger partial charge is 0.0973 e. The predicted molar refractivity (Wildman–Crippen MR) is 76.1 cm³/mol. The Labute approximate surface area is 106 Å². The van der Waals surface area contributed by atoms with Gasteiger partial charge < -0.3 is 0 Å². The van der Waals surface area contributed by atoms with Gasteiger partial charge in [-0.15, -0.1) is 0 Å². The van der Waals surface area contributed by atoms with E-state index in [-0.39, 0.29) is 10.8 Å². The second-order valence-corrected chi connectivity index (χ2v) is 6.87. The Balaban J connectivity index is 2.87. The van der Waals surface area contributed by atoms with Crippen LogP contribution in [0.1, 0.15) is 59.1 Å². The minimum absolute atomic E-state index is 0.196. The average Bonchev–Trinajstić information content (AvgIpc) is 2.15. The first kappa shape index (κ1) is 13.8. The van der Waals surface area contributed by atoms with Gasteiger partial charge in [-0.2, -0.15) is 0 Å². The van der Waals surface area contributed by atoms with Crippen molar-refractivity contribution in [3.63, 3.8) is 0 Å². The van der Waals surface area contributed by atoms with Crippen LogP contribution in [-0.2, 0) is 5.41 Å². The van der Waals surface area contributed by atoms with Gasteiger partial charge in [-0.1, -0.05) is 65.5 Å². The monoisotopic (exact) mass is 228 g/mol. The molecule has 0 saturated heterocycles. The molecule has 0 N–H and O–H groups in total. The van der Waals surface area contributed by atoms with E-state index >= 15 is 0 Å². The summed E-state index contributed by atoms with van der Waals surface area (Å²) in [7, 11) is 0. The summed E-state index contributed by atoms with van der Waals surface area (Å²) in [5, 5.41) is 0. The van der Waals surface area contributed by atoms with Crippen LogP contribution in [-0.4, -0.2) is 0 Å². The van der Waals surface area contributed by atoms with E-state index in [9.17, 15) is 0 Å². The predicted octanol–water partition coefficient (Wildman–Crippen LogP) is 4.77. The molecule has 0 saturated carbocycles. The van der Waals surface area contributed by atoms with E-state index < -0.39 is 0 Å². The molecule has 92 valence electrons. The first-order chi connectivity index (χ1) is 7.68. The third-order valence-corrected chi connectivity index (χ3v) is 2.58. The molecule has 1 aromatic rings. The molecular weight excluding hydrogens is 204 g/mol. The molecule has 0 aliphatic heterocycles. The summed E-state index contributed by atoms with van der Waals surface area (Å²) >= 11 is 0. The molecule has 0 heterocycles. The molecule has 0 radical (unpaired) electrons. The van der Waals surface area contributed by atoms with E-state index in [0.717, 1.165) is 12.0 Å². The highest BCUT2D eigenvalue weighted by Gasteiger charge is 2.13. The van der Waals surface area contributed by atoms with Gasteiger partial charge in [0.25, 0.3) is 0 Å². The Morgan fingerprint density at radius 3 is 2.18 bits per heavy atom. The maximum Gasteiger partial charge on any atom is 0.0248 e. The van der Waals surface area contributed by atoms with Crippen molar-refractivity contribution >= 4 is 0 Å². The lowest BCUT2D eigenvalue weighted by Crippen LogP contribution is -2.10. The van der Waals surface area contributed by atoms with Crippen LogP contribution in [0, 0.1) is 17.3 Å². The quantitative estimate of drug-likeness (QED) is 0.561. The summed E-state index contributed by atoms with van der Waals surface area (Å²) in [4.78, 5) is 0. The topological polar surface area (TPSA) is 0 Å². The van der Waals surface area contributed by atoms with E-state index in [1.54, 1.807) is 0 Å². The van der Waals surface area contributed by atoms with Crippen molar-refractivity contribution in [1.82, 2.24) is 0 Å². The van der Waals surface area contributed by atoms with Gasteiger partial charge in [0, 0.05) is 12.0 Å². The van der Waals surface area contributed by atoms with Crippen molar-refractivity contribution < 1.29 is 0 Å². The normalized spacial score (nSPS) is 11.9. The Kier molecular flexibility index (Phi) is 4.04. The molecule has 0 aliphatic carbocycles. The molecule has 0 bridgehead atoms. The fourth-order valence-electron chi connectivity index (χ4n) is 1.47. The molecule has 1 rings (SSSR count). The minimum Gasteiger partial charge on any atom is -0.0973 e. The molecule has 0 atom stereocenters. The molecule has 0 heteroatoms. The lowest BCUT2D eigenvalue weighted by Gasteiger charge is -2.18. The standard InChI is InChI=1S/C17H24/c1-16(2,3)12-8-10-14-9-7-11-15(13-14)17(4,5)6/h7,9,11,13H,12H2,1-6H3. The molecule has 0 nitrogen and oxygen atoms in total. The van der Waals surface area contributed by atoms with E-state index in [1.807, 2.05) is 0 Å². The van der Waals surface area contributed by atoms with Crippen molar-refractivity contribution in [2.75, 3.05) is 0 Å². The first-order valence-corrected chi connectivity index (χ1v) is 6.28. The van der Waals surface area contributed by atoms with Crippen molar-refractivity contribution in [1.29, 1.82) is 0 Å². The summed E-state index contributed by atoms with van der Waals surface area (Å²) in [6.45, 7) is 13.3. The zero-order chi connectivity index (χ0) is 13.1. The van der Waals surface area contributed by atoms with Crippen LogP contribution in [0.2, 0.25) is 0 Å². The smallest absolute Gasteiger partial charge is 0.0248 e. The van der Waals surface area contributed by atoms with Crippen LogP contribution in [0.5, 0.6) is 0 Å². The highest BCUT2D eigenvalue weighted by atomic mass is 14.2. The first-order valence-electron chi connectivity index (χ1n) is 6.28. The summed E-state index contributed by atoms with van der Waals surface area (Å²) in [6.07, 6.45) is 0.937. The van der Waals surface area contributed by atoms with Gasteiger partial charge in [0.1, 0.15) is 0 Å². The third-order valence-electron chi connectivity index (χ3n) is 2.58. The van der Waals surface area contributed by atoms with E-state index in [1.165, 1.54) is 5.56 Å². The fourth-order valence-corrected chi connectivity index (χ4v) is 1.47. The van der Waals surface area contributed by atoms with Crippen molar-refractivity contribution in [3.05, 3.63) is 35.4 Å². The Morgan fingerprint density at radius 2 is 1.65 bits per heavy atom. The Bertz CT molecular complexity index is 428. The van der Waals surface area contributed by atoms with Gasteiger partial charge in [-0.3, -0.25) is 0 Å². The number of hydrogen-bond donors (Lipinski definition) is 0. The number of rotatable bonds is 0. The molecular formula is C17H24. The SMILES string of the molecule is CC(C)(C)CC#Cc1cccc(C(C)(C)C)c1. The zero-order valence-electron chi connectivity index (χ0n) is 12.0. The van der Waals surface area contributed by atoms with Gasteiger partial charge in [0.15, 0.2) is 0 Å². The van der Waals surface area contributed by atoms with E-state index in [4.69, 9.17) is 0 Å². The zero-order valence-corrected chi connectivity index (χ0v) is 12.0. The molecule has 0 aliphatic rings. The third kappa shape index (κ3) is 5.09. The minimum atomic E-state index is 0.196. The second kappa shape index (κ2) is 4.96. The van der Waals surface area contributed by atoms with Crippen molar-refractivity contribution in [3.8, 4) is 11.8 Å². The molecule has 0 spiro atoms. The summed E-state index contributed by atoms with van der Waals surface area (Å²) < 4.78 is 0. The lowest BCUT2D eigenvalue weighted by atomic mass is 9.86. The summed E-state index contributed by atoms with van der Waals surface area (Å²) in [5.74, 6) is 6.53. The number of benzene rings is 1. The molecule has 0 amide bonds. The fraction of sp³-hybridized carbons (Fsp3) is 0.529. The van der Waals surface area contributed by atoms with Crippen LogP contribution >= 0.6 is 0 Å². The summed E-state index contributed by atoms with van der Waals surface area (Å²) in [5.41, 5.74) is 2.96. The van der Waals surface area contributed by atoms with Crippen LogP contribution in [0.3, 0.4) is 0 Å². The van der Waals surface area contributed by atoms with E-state index in [2.05, 4.69) is 77.6 Å². The average molecular weight is 228 g/mol. The highest BCUT2D eigenvalue weighted by Crippen LogP contribution is 2.22. The van der Waals surface area contributed by atoms with Gasteiger partial charge in [0.2, 0.25) is 0 Å². The van der Waals surface area contributed by atoms with Crippen LogP contribution in [0.4, 0.5) is 0 Å². The molecule has 0 aromatic heterocycles. The Morgan fingerprint density at radius 1 is 1.00 bits per heavy atom. The Hall–Kier alpha value is -1.22. The highest BCUT2D eigenvalue weighted by molar-refractivity contribution is 5.39. The van der Waals surface area contributed by atoms with Crippen LogP contribution in [0.15, 0.2) is 24.3 Å². The molecule has 0 unspecified atom stereocenters. The van der Waals surface area contributed by atoms with Gasteiger partial charge in [-0.25, -0.2) is 0 Å². The van der Waals surface area contributed by atoms with Crippen LogP contribution < -0.4 is 0 Å². The van der Waals surface area contributed by atoms with Crippen molar-refractivity contribution in [2.24, 2.45) is 5.41 Å². The second-order valence-electron chi connectivity index (χ2n) is 6.87. The molecule has 17 heavy (non-hydrogen) atoms. The lowest BCUT2D eigenvalue weighted by molar-refractivity contribution is 0.428. The van der Waals surface area contributed by atoms with Gasteiger partial charge >= 0.3 is 0 Å². The van der Waals surface area contributed by atoms with Gasteiger partial charge in [0.05, 0.1) is 0 Å². The summed E-state index contributed by atoms with van der Waals surface area (Å²) in [6, 6.07) is 8.57. The van der Waals surface area contributed by atoms with E-state index in [0.29, 0.717) is 0 Å².